The molecule has 18 heavy (non-hydrogen) atoms. The zero-order chi connectivity index (χ0) is 13.8. The van der Waals surface area contributed by atoms with E-state index in [1.807, 2.05) is 31.1 Å². The highest BCUT2D eigenvalue weighted by molar-refractivity contribution is 7.90. The molecule has 1 rings (SSSR count). The smallest absolute Gasteiger partial charge is 0.149 e. The molecule has 0 aliphatic carbocycles. The Bertz CT molecular complexity index is 498. The van der Waals surface area contributed by atoms with Crippen LogP contribution in [0.4, 0.5) is 5.69 Å². The Morgan fingerprint density at radius 2 is 2.00 bits per heavy atom. The number of aryl methyl sites for hydroxylation is 1. The van der Waals surface area contributed by atoms with Crippen molar-refractivity contribution in [2.45, 2.75) is 13.5 Å². The molecule has 0 bridgehead atoms. The van der Waals surface area contributed by atoms with E-state index < -0.39 is 9.84 Å². The molecule has 0 fully saturated rings. The lowest BCUT2D eigenvalue weighted by Crippen LogP contribution is -2.26. The van der Waals surface area contributed by atoms with E-state index in [1.54, 1.807) is 0 Å². The number of hydrogen-bond acceptors (Lipinski definition) is 4. The van der Waals surface area contributed by atoms with Gasteiger partial charge in [0.2, 0.25) is 0 Å². The maximum atomic E-state index is 11.2. The largest absolute Gasteiger partial charge is 0.373 e. The van der Waals surface area contributed by atoms with Crippen LogP contribution >= 0.6 is 0 Å². The van der Waals surface area contributed by atoms with E-state index in [0.29, 0.717) is 6.54 Å². The van der Waals surface area contributed by atoms with Crippen LogP contribution < -0.4 is 10.2 Å². The minimum atomic E-state index is -2.92. The molecule has 0 spiro atoms. The second-order valence-electron chi connectivity index (χ2n) is 4.71. The van der Waals surface area contributed by atoms with Gasteiger partial charge in [0.1, 0.15) is 9.84 Å². The minimum Gasteiger partial charge on any atom is -0.373 e. The molecule has 5 heteroatoms. The number of benzene rings is 1. The number of nitrogens with one attached hydrogen (secondary N) is 1. The van der Waals surface area contributed by atoms with Gasteiger partial charge in [-0.3, -0.25) is 0 Å². The quantitative estimate of drug-likeness (QED) is 0.844. The van der Waals surface area contributed by atoms with Gasteiger partial charge in [-0.05, 0) is 25.6 Å². The number of sulfone groups is 1. The average molecular weight is 270 g/mol. The molecule has 1 aromatic carbocycles. The minimum absolute atomic E-state index is 0.177. The third-order valence-corrected chi connectivity index (χ3v) is 3.74. The number of rotatable bonds is 6. The van der Waals surface area contributed by atoms with Crippen molar-refractivity contribution in [1.29, 1.82) is 0 Å². The predicted octanol–water partition coefficient (Wildman–Crippen LogP) is 1.20. The van der Waals surface area contributed by atoms with E-state index in [0.717, 1.165) is 12.2 Å². The summed E-state index contributed by atoms with van der Waals surface area (Å²) >= 11 is 0. The summed E-state index contributed by atoms with van der Waals surface area (Å²) < 4.78 is 22.4. The second kappa shape index (κ2) is 6.20. The van der Waals surface area contributed by atoms with Crippen molar-refractivity contribution >= 4 is 15.5 Å². The van der Waals surface area contributed by atoms with Crippen molar-refractivity contribution in [1.82, 2.24) is 5.32 Å². The lowest BCUT2D eigenvalue weighted by atomic mass is 10.1. The molecule has 0 unspecified atom stereocenters. The molecular weight excluding hydrogens is 248 g/mol. The van der Waals surface area contributed by atoms with Crippen LogP contribution in [0.2, 0.25) is 0 Å². The first kappa shape index (κ1) is 15.0. The van der Waals surface area contributed by atoms with Gasteiger partial charge in [0, 0.05) is 32.1 Å². The Labute approximate surface area is 110 Å². The first-order chi connectivity index (χ1) is 8.33. The first-order valence-electron chi connectivity index (χ1n) is 5.96. The van der Waals surface area contributed by atoms with Crippen LogP contribution in [-0.2, 0) is 16.4 Å². The van der Waals surface area contributed by atoms with Crippen molar-refractivity contribution in [3.05, 3.63) is 29.3 Å². The van der Waals surface area contributed by atoms with Crippen molar-refractivity contribution in [3.8, 4) is 0 Å². The monoisotopic (exact) mass is 270 g/mol. The number of hydrogen-bond donors (Lipinski definition) is 1. The topological polar surface area (TPSA) is 49.4 Å². The van der Waals surface area contributed by atoms with Gasteiger partial charge < -0.3 is 10.2 Å². The molecule has 0 atom stereocenters. The van der Waals surface area contributed by atoms with Crippen LogP contribution in [0.5, 0.6) is 0 Å². The standard InChI is InChI=1S/C13H22N2O2S/c1-11-5-6-13(12(9-11)10-14-2)15(3)7-8-18(4,16)17/h5-6,9,14H,7-8,10H2,1-4H3. The highest BCUT2D eigenvalue weighted by Gasteiger charge is 2.10. The van der Waals surface area contributed by atoms with E-state index in [-0.39, 0.29) is 5.75 Å². The second-order valence-corrected chi connectivity index (χ2v) is 6.97. The van der Waals surface area contributed by atoms with Crippen LogP contribution in [0.3, 0.4) is 0 Å². The van der Waals surface area contributed by atoms with Crippen LogP contribution in [-0.4, -0.2) is 41.1 Å². The first-order valence-corrected chi connectivity index (χ1v) is 8.02. The molecule has 4 nitrogen and oxygen atoms in total. The van der Waals surface area contributed by atoms with E-state index in [1.165, 1.54) is 17.4 Å². The summed E-state index contributed by atoms with van der Waals surface area (Å²) in [6.45, 7) is 3.35. The summed E-state index contributed by atoms with van der Waals surface area (Å²) in [6, 6.07) is 6.22. The Morgan fingerprint density at radius 3 is 2.56 bits per heavy atom. The van der Waals surface area contributed by atoms with Gasteiger partial charge in [0.25, 0.3) is 0 Å². The van der Waals surface area contributed by atoms with Crippen molar-refractivity contribution in [2.75, 3.05) is 37.5 Å². The SMILES string of the molecule is CNCc1cc(C)ccc1N(C)CCS(C)(=O)=O. The normalized spacial score (nSPS) is 11.6. The molecule has 1 aromatic rings. The van der Waals surface area contributed by atoms with E-state index in [4.69, 9.17) is 0 Å². The Balaban J connectivity index is 2.87. The summed E-state index contributed by atoms with van der Waals surface area (Å²) in [7, 11) is 0.913. The van der Waals surface area contributed by atoms with Gasteiger partial charge in [-0.1, -0.05) is 17.7 Å². The molecule has 0 aromatic heterocycles. The Kier molecular flexibility index (Phi) is 5.16. The van der Waals surface area contributed by atoms with Crippen LogP contribution in [0.1, 0.15) is 11.1 Å². The molecule has 0 aliphatic rings. The molecule has 0 saturated heterocycles. The van der Waals surface area contributed by atoms with Gasteiger partial charge in [0.15, 0.2) is 0 Å². The summed E-state index contributed by atoms with van der Waals surface area (Å²) in [5.41, 5.74) is 3.48. The molecule has 1 N–H and O–H groups in total. The summed E-state index contributed by atoms with van der Waals surface area (Å²) in [6.07, 6.45) is 1.27. The van der Waals surface area contributed by atoms with E-state index in [9.17, 15) is 8.42 Å². The lowest BCUT2D eigenvalue weighted by molar-refractivity contribution is 0.601. The fourth-order valence-electron chi connectivity index (χ4n) is 1.84. The molecule has 0 aliphatic heterocycles. The van der Waals surface area contributed by atoms with Crippen LogP contribution in [0.25, 0.3) is 0 Å². The highest BCUT2D eigenvalue weighted by Crippen LogP contribution is 2.20. The Morgan fingerprint density at radius 1 is 1.33 bits per heavy atom. The number of anilines is 1. The van der Waals surface area contributed by atoms with Gasteiger partial charge >= 0.3 is 0 Å². The molecule has 0 radical (unpaired) electrons. The molecule has 0 amide bonds. The summed E-state index contributed by atoms with van der Waals surface area (Å²) in [5.74, 6) is 0.177. The molecule has 0 heterocycles. The fourth-order valence-corrected chi connectivity index (χ4v) is 2.45. The molecular formula is C13H22N2O2S. The van der Waals surface area contributed by atoms with E-state index in [2.05, 4.69) is 18.3 Å². The average Bonchev–Trinajstić information content (AvgIpc) is 2.25. The summed E-state index contributed by atoms with van der Waals surface area (Å²) in [4.78, 5) is 1.99. The fraction of sp³-hybridized carbons (Fsp3) is 0.538. The van der Waals surface area contributed by atoms with Crippen LogP contribution in [0.15, 0.2) is 18.2 Å². The maximum Gasteiger partial charge on any atom is 0.149 e. The van der Waals surface area contributed by atoms with Gasteiger partial charge in [-0.25, -0.2) is 8.42 Å². The maximum absolute atomic E-state index is 11.2. The van der Waals surface area contributed by atoms with Crippen molar-refractivity contribution in [2.24, 2.45) is 0 Å². The van der Waals surface area contributed by atoms with Crippen molar-refractivity contribution < 1.29 is 8.42 Å². The lowest BCUT2D eigenvalue weighted by Gasteiger charge is -2.22. The summed E-state index contributed by atoms with van der Waals surface area (Å²) in [5, 5.41) is 3.13. The van der Waals surface area contributed by atoms with Gasteiger partial charge in [-0.2, -0.15) is 0 Å². The highest BCUT2D eigenvalue weighted by atomic mass is 32.2. The van der Waals surface area contributed by atoms with Gasteiger partial charge in [0.05, 0.1) is 5.75 Å². The van der Waals surface area contributed by atoms with Gasteiger partial charge in [-0.15, -0.1) is 0 Å². The molecule has 0 saturated carbocycles. The zero-order valence-electron chi connectivity index (χ0n) is 11.5. The third-order valence-electron chi connectivity index (χ3n) is 2.81. The predicted molar refractivity (Wildman–Crippen MR) is 76.9 cm³/mol. The Hall–Kier alpha value is -1.07. The third kappa shape index (κ3) is 4.66. The molecule has 102 valence electrons. The van der Waals surface area contributed by atoms with Crippen LogP contribution in [0, 0.1) is 6.92 Å². The number of nitrogens with zero attached hydrogens (tertiary/aromatic N) is 1. The van der Waals surface area contributed by atoms with Crippen molar-refractivity contribution in [3.63, 3.8) is 0 Å². The zero-order valence-corrected chi connectivity index (χ0v) is 12.3. The van der Waals surface area contributed by atoms with E-state index >= 15 is 0 Å².